The van der Waals surface area contributed by atoms with Crippen LogP contribution in [0.3, 0.4) is 0 Å². The second-order valence-electron chi connectivity index (χ2n) is 5.16. The van der Waals surface area contributed by atoms with Crippen molar-refractivity contribution in [2.24, 2.45) is 0 Å². The van der Waals surface area contributed by atoms with Crippen LogP contribution in [0.25, 0.3) is 0 Å². The van der Waals surface area contributed by atoms with E-state index in [4.69, 9.17) is 4.52 Å². The third kappa shape index (κ3) is 3.41. The molecule has 1 aliphatic heterocycles. The molecule has 0 unspecified atom stereocenters. The lowest BCUT2D eigenvalue weighted by Crippen LogP contribution is -2.31. The Morgan fingerprint density at radius 1 is 1.40 bits per heavy atom. The zero-order valence-corrected chi connectivity index (χ0v) is 12.4. The molecule has 1 aromatic heterocycles. The molecule has 0 aliphatic carbocycles. The van der Waals surface area contributed by atoms with Gasteiger partial charge >= 0.3 is 0 Å². The van der Waals surface area contributed by atoms with Crippen LogP contribution in [0.2, 0.25) is 0 Å². The van der Waals surface area contributed by atoms with E-state index in [1.807, 2.05) is 30.0 Å². The molecule has 1 aromatic carbocycles. The zero-order chi connectivity index (χ0) is 13.8. The van der Waals surface area contributed by atoms with Crippen molar-refractivity contribution in [3.63, 3.8) is 0 Å². The normalized spacial score (nSPS) is 20.1. The summed E-state index contributed by atoms with van der Waals surface area (Å²) in [6, 6.07) is 10.9. The van der Waals surface area contributed by atoms with Gasteiger partial charge in [0.25, 0.3) is 0 Å². The van der Waals surface area contributed by atoms with Gasteiger partial charge in [-0.05, 0) is 24.7 Å². The number of nitrogens with one attached hydrogen (secondary N) is 1. The highest BCUT2D eigenvalue weighted by molar-refractivity contribution is 7.99. The van der Waals surface area contributed by atoms with Crippen molar-refractivity contribution in [2.45, 2.75) is 31.8 Å². The first-order chi connectivity index (χ1) is 9.81. The number of hydrogen-bond acceptors (Lipinski definition) is 5. The molecule has 1 N–H and O–H groups in total. The van der Waals surface area contributed by atoms with Gasteiger partial charge in [0.2, 0.25) is 5.89 Å². The van der Waals surface area contributed by atoms with Crippen molar-refractivity contribution < 1.29 is 4.52 Å². The molecule has 5 heteroatoms. The van der Waals surface area contributed by atoms with Crippen LogP contribution in [0, 0.1) is 0 Å². The summed E-state index contributed by atoms with van der Waals surface area (Å²) in [6.45, 7) is 2.09. The summed E-state index contributed by atoms with van der Waals surface area (Å²) in [4.78, 5) is 4.50. The first kappa shape index (κ1) is 13.6. The van der Waals surface area contributed by atoms with E-state index in [0.29, 0.717) is 11.9 Å². The van der Waals surface area contributed by atoms with Gasteiger partial charge in [-0.2, -0.15) is 16.7 Å². The van der Waals surface area contributed by atoms with Gasteiger partial charge in [-0.1, -0.05) is 35.5 Å². The van der Waals surface area contributed by atoms with Crippen molar-refractivity contribution in [3.8, 4) is 0 Å². The van der Waals surface area contributed by atoms with Crippen LogP contribution >= 0.6 is 11.8 Å². The molecule has 0 amide bonds. The summed E-state index contributed by atoms with van der Waals surface area (Å²) < 4.78 is 5.38. The lowest BCUT2D eigenvalue weighted by atomic mass is 10.1. The van der Waals surface area contributed by atoms with Gasteiger partial charge in [0.15, 0.2) is 5.82 Å². The van der Waals surface area contributed by atoms with Crippen LogP contribution in [0.4, 0.5) is 0 Å². The minimum Gasteiger partial charge on any atom is -0.338 e. The summed E-state index contributed by atoms with van der Waals surface area (Å²) in [5, 5.41) is 7.63. The Hall–Kier alpha value is -1.33. The number of thioether (sulfide) groups is 1. The second kappa shape index (κ2) is 6.41. The van der Waals surface area contributed by atoms with E-state index >= 15 is 0 Å². The molecule has 0 radical (unpaired) electrons. The molecule has 4 nitrogen and oxygen atoms in total. The van der Waals surface area contributed by atoms with Gasteiger partial charge in [0.1, 0.15) is 0 Å². The van der Waals surface area contributed by atoms with E-state index in [1.165, 1.54) is 23.5 Å². The van der Waals surface area contributed by atoms with Crippen LogP contribution in [0.1, 0.15) is 36.7 Å². The van der Waals surface area contributed by atoms with E-state index < -0.39 is 0 Å². The maximum Gasteiger partial charge on any atom is 0.243 e. The largest absolute Gasteiger partial charge is 0.338 e. The maximum absolute atomic E-state index is 5.38. The van der Waals surface area contributed by atoms with Gasteiger partial charge in [-0.3, -0.25) is 0 Å². The molecule has 3 rings (SSSR count). The maximum atomic E-state index is 5.38. The topological polar surface area (TPSA) is 51.0 Å². The van der Waals surface area contributed by atoms with Crippen LogP contribution < -0.4 is 5.32 Å². The quantitative estimate of drug-likeness (QED) is 0.917. The van der Waals surface area contributed by atoms with Crippen LogP contribution in [0.5, 0.6) is 0 Å². The fourth-order valence-corrected chi connectivity index (χ4v) is 3.55. The molecule has 1 saturated heterocycles. The molecule has 1 aliphatic rings. The van der Waals surface area contributed by atoms with Gasteiger partial charge in [0.05, 0.1) is 6.04 Å². The minimum atomic E-state index is 0.121. The predicted octanol–water partition coefficient (Wildman–Crippen LogP) is 2.82. The Kier molecular flexibility index (Phi) is 4.38. The highest BCUT2D eigenvalue weighted by Gasteiger charge is 2.21. The molecule has 2 aromatic rings. The summed E-state index contributed by atoms with van der Waals surface area (Å²) in [5.74, 6) is 3.86. The Morgan fingerprint density at radius 2 is 2.25 bits per heavy atom. The molecule has 106 valence electrons. The average molecular weight is 289 g/mol. The fourth-order valence-electron chi connectivity index (χ4n) is 2.38. The predicted molar refractivity (Wildman–Crippen MR) is 80.8 cm³/mol. The lowest BCUT2D eigenvalue weighted by molar-refractivity contribution is 0.325. The summed E-state index contributed by atoms with van der Waals surface area (Å²) in [6.07, 6.45) is 1.94. The molecule has 20 heavy (non-hydrogen) atoms. The first-order valence-corrected chi connectivity index (χ1v) is 8.17. The Balaban J connectivity index is 1.61. The third-order valence-electron chi connectivity index (χ3n) is 3.47. The molecule has 1 fully saturated rings. The third-order valence-corrected chi connectivity index (χ3v) is 4.64. The van der Waals surface area contributed by atoms with Crippen molar-refractivity contribution in [3.05, 3.63) is 47.6 Å². The standard InChI is InChI=1S/C15H19N3OS/c1-11(16-13-7-8-20-10-13)15-17-14(18-19-15)9-12-5-3-2-4-6-12/h2-6,11,13,16H,7-10H2,1H3/t11-,13-/m1/s1. The Labute approximate surface area is 123 Å². The van der Waals surface area contributed by atoms with Crippen LogP contribution in [-0.4, -0.2) is 27.7 Å². The van der Waals surface area contributed by atoms with Crippen molar-refractivity contribution in [2.75, 3.05) is 11.5 Å². The first-order valence-electron chi connectivity index (χ1n) is 7.01. The summed E-state index contributed by atoms with van der Waals surface area (Å²) in [7, 11) is 0. The lowest BCUT2D eigenvalue weighted by Gasteiger charge is -2.14. The van der Waals surface area contributed by atoms with Crippen molar-refractivity contribution >= 4 is 11.8 Å². The number of benzene rings is 1. The SMILES string of the molecule is C[C@@H](N[C@@H]1CCSC1)c1nc(Cc2ccccc2)no1. The number of nitrogens with zero attached hydrogens (tertiary/aromatic N) is 2. The molecular weight excluding hydrogens is 270 g/mol. The van der Waals surface area contributed by atoms with Crippen LogP contribution in [-0.2, 0) is 6.42 Å². The minimum absolute atomic E-state index is 0.121. The summed E-state index contributed by atoms with van der Waals surface area (Å²) >= 11 is 2.00. The fraction of sp³-hybridized carbons (Fsp3) is 0.467. The van der Waals surface area contributed by atoms with Gasteiger partial charge in [-0.15, -0.1) is 0 Å². The number of rotatable bonds is 5. The van der Waals surface area contributed by atoms with Crippen molar-refractivity contribution in [1.82, 2.24) is 15.5 Å². The van der Waals surface area contributed by atoms with Crippen molar-refractivity contribution in [1.29, 1.82) is 0 Å². The molecule has 0 saturated carbocycles. The highest BCUT2D eigenvalue weighted by Crippen LogP contribution is 2.20. The zero-order valence-electron chi connectivity index (χ0n) is 11.6. The van der Waals surface area contributed by atoms with Crippen LogP contribution in [0.15, 0.2) is 34.9 Å². The number of hydrogen-bond donors (Lipinski definition) is 1. The monoisotopic (exact) mass is 289 g/mol. The second-order valence-corrected chi connectivity index (χ2v) is 6.31. The smallest absolute Gasteiger partial charge is 0.243 e. The molecule has 2 atom stereocenters. The van der Waals surface area contributed by atoms with E-state index in [0.717, 1.165) is 12.2 Å². The number of aromatic nitrogens is 2. The van der Waals surface area contributed by atoms with Gasteiger partial charge in [0, 0.05) is 18.2 Å². The van der Waals surface area contributed by atoms with E-state index in [-0.39, 0.29) is 6.04 Å². The van der Waals surface area contributed by atoms with Gasteiger partial charge < -0.3 is 9.84 Å². The van der Waals surface area contributed by atoms with E-state index in [1.54, 1.807) is 0 Å². The van der Waals surface area contributed by atoms with E-state index in [9.17, 15) is 0 Å². The Morgan fingerprint density at radius 3 is 3.00 bits per heavy atom. The molecule has 2 heterocycles. The van der Waals surface area contributed by atoms with Gasteiger partial charge in [-0.25, -0.2) is 0 Å². The molecular formula is C15H19N3OS. The highest BCUT2D eigenvalue weighted by atomic mass is 32.2. The molecule has 0 bridgehead atoms. The summed E-state index contributed by atoms with van der Waals surface area (Å²) in [5.41, 5.74) is 1.20. The Bertz CT molecular complexity index is 537. The van der Waals surface area contributed by atoms with E-state index in [2.05, 4.69) is 34.5 Å². The average Bonchev–Trinajstić information content (AvgIpc) is 3.11. The molecule has 0 spiro atoms.